The number of pyridine rings is 1. The Morgan fingerprint density at radius 3 is 2.19 bits per heavy atom. The lowest BCUT2D eigenvalue weighted by Crippen LogP contribution is -2.22. The highest BCUT2D eigenvalue weighted by atomic mass is 16.3. The average molecular weight is 405 g/mol. The minimum absolute atomic E-state index is 0.104. The summed E-state index contributed by atoms with van der Waals surface area (Å²) in [5, 5.41) is 3.05. The third-order valence-corrected chi connectivity index (χ3v) is 5.09. The van der Waals surface area contributed by atoms with Crippen LogP contribution in [0, 0.1) is 0 Å². The molecule has 5 rings (SSSR count). The van der Waals surface area contributed by atoms with E-state index in [0.717, 1.165) is 16.7 Å². The van der Waals surface area contributed by atoms with Gasteiger partial charge in [0.1, 0.15) is 5.52 Å². The van der Waals surface area contributed by atoms with Gasteiger partial charge in [-0.25, -0.2) is 4.98 Å². The molecule has 5 nitrogen and oxygen atoms in total. The van der Waals surface area contributed by atoms with Crippen LogP contribution in [0.3, 0.4) is 0 Å². The number of carbonyl (C=O) groups excluding carboxylic acids is 1. The molecule has 150 valence electrons. The monoisotopic (exact) mass is 405 g/mol. The highest BCUT2D eigenvalue weighted by Gasteiger charge is 2.23. The Hall–Kier alpha value is -4.25. The Labute approximate surface area is 179 Å². The van der Waals surface area contributed by atoms with Crippen molar-refractivity contribution >= 4 is 22.7 Å². The van der Waals surface area contributed by atoms with E-state index in [9.17, 15) is 4.79 Å². The summed E-state index contributed by atoms with van der Waals surface area (Å²) in [7, 11) is 0. The summed E-state index contributed by atoms with van der Waals surface area (Å²) in [5.74, 6) is -0.0212. The van der Waals surface area contributed by atoms with Gasteiger partial charge in [-0.2, -0.15) is 0 Å². The number of hydrogen-bond donors (Lipinski definition) is 1. The van der Waals surface area contributed by atoms with Gasteiger partial charge in [-0.15, -0.1) is 0 Å². The standard InChI is InChI=1S/C26H19N3O2/c30-25(24(18-8-3-1-4-9-18)19-10-5-2-6-11-19)28-21-13-14-23-22(16-21)29-26(31-23)20-12-7-15-27-17-20/h1-17,24H,(H,28,30). The normalized spacial score (nSPS) is 11.0. The first kappa shape index (κ1) is 18.8. The molecule has 0 saturated carbocycles. The Morgan fingerprint density at radius 2 is 1.55 bits per heavy atom. The van der Waals surface area contributed by atoms with E-state index in [0.29, 0.717) is 22.7 Å². The maximum absolute atomic E-state index is 13.3. The second kappa shape index (κ2) is 8.24. The summed E-state index contributed by atoms with van der Waals surface area (Å²) >= 11 is 0. The lowest BCUT2D eigenvalue weighted by molar-refractivity contribution is -0.116. The number of nitrogens with one attached hydrogen (secondary N) is 1. The Bertz CT molecular complexity index is 1280. The highest BCUT2D eigenvalue weighted by Crippen LogP contribution is 2.29. The zero-order valence-electron chi connectivity index (χ0n) is 16.6. The zero-order valence-corrected chi connectivity index (χ0v) is 16.6. The molecule has 1 N–H and O–H groups in total. The number of carbonyl (C=O) groups is 1. The van der Waals surface area contributed by atoms with E-state index < -0.39 is 5.92 Å². The van der Waals surface area contributed by atoms with Crippen LogP contribution in [0.1, 0.15) is 17.0 Å². The molecular formula is C26H19N3O2. The summed E-state index contributed by atoms with van der Waals surface area (Å²) in [6.07, 6.45) is 3.41. The van der Waals surface area contributed by atoms with Gasteiger partial charge in [0.25, 0.3) is 0 Å². The molecule has 0 atom stereocenters. The lowest BCUT2D eigenvalue weighted by atomic mass is 9.90. The van der Waals surface area contributed by atoms with Gasteiger partial charge in [0.2, 0.25) is 11.8 Å². The van der Waals surface area contributed by atoms with Crippen LogP contribution < -0.4 is 5.32 Å². The summed E-state index contributed by atoms with van der Waals surface area (Å²) in [6, 6.07) is 28.7. The summed E-state index contributed by atoms with van der Waals surface area (Å²) in [5.41, 5.74) is 4.67. The van der Waals surface area contributed by atoms with Crippen molar-refractivity contribution in [3.8, 4) is 11.5 Å². The first-order valence-electron chi connectivity index (χ1n) is 10.00. The van der Waals surface area contributed by atoms with Crippen LogP contribution in [-0.2, 0) is 4.79 Å². The third-order valence-electron chi connectivity index (χ3n) is 5.09. The predicted octanol–water partition coefficient (Wildman–Crippen LogP) is 5.66. The predicted molar refractivity (Wildman–Crippen MR) is 121 cm³/mol. The van der Waals surface area contributed by atoms with Crippen molar-refractivity contribution in [3.05, 3.63) is 115 Å². The maximum atomic E-state index is 13.3. The van der Waals surface area contributed by atoms with E-state index in [-0.39, 0.29) is 5.91 Å². The van der Waals surface area contributed by atoms with Gasteiger partial charge in [-0.05, 0) is 41.5 Å². The molecule has 0 spiro atoms. The fourth-order valence-corrected chi connectivity index (χ4v) is 3.62. The molecule has 31 heavy (non-hydrogen) atoms. The number of anilines is 1. The van der Waals surface area contributed by atoms with E-state index in [1.54, 1.807) is 12.4 Å². The van der Waals surface area contributed by atoms with Crippen molar-refractivity contribution in [1.82, 2.24) is 9.97 Å². The van der Waals surface area contributed by atoms with Crippen LogP contribution in [0.5, 0.6) is 0 Å². The van der Waals surface area contributed by atoms with Crippen molar-refractivity contribution < 1.29 is 9.21 Å². The van der Waals surface area contributed by atoms with E-state index in [2.05, 4.69) is 15.3 Å². The van der Waals surface area contributed by atoms with Crippen molar-refractivity contribution in [1.29, 1.82) is 0 Å². The third kappa shape index (κ3) is 3.94. The van der Waals surface area contributed by atoms with Gasteiger partial charge in [-0.1, -0.05) is 60.7 Å². The van der Waals surface area contributed by atoms with Crippen molar-refractivity contribution in [2.75, 3.05) is 5.32 Å². The lowest BCUT2D eigenvalue weighted by Gasteiger charge is -2.18. The van der Waals surface area contributed by atoms with Crippen LogP contribution in [0.15, 0.2) is 108 Å². The number of oxazole rings is 1. The number of rotatable bonds is 5. The molecule has 2 heterocycles. The molecule has 2 aromatic heterocycles. The van der Waals surface area contributed by atoms with Gasteiger partial charge in [0.05, 0.1) is 11.5 Å². The molecule has 0 bridgehead atoms. The fourth-order valence-electron chi connectivity index (χ4n) is 3.62. The summed E-state index contributed by atoms with van der Waals surface area (Å²) in [6.45, 7) is 0. The van der Waals surface area contributed by atoms with Crippen molar-refractivity contribution in [2.24, 2.45) is 0 Å². The van der Waals surface area contributed by atoms with Crippen LogP contribution in [-0.4, -0.2) is 15.9 Å². The average Bonchev–Trinajstić information content (AvgIpc) is 3.25. The number of hydrogen-bond acceptors (Lipinski definition) is 4. The number of aromatic nitrogens is 2. The number of fused-ring (bicyclic) bond motifs is 1. The molecule has 5 heteroatoms. The Morgan fingerprint density at radius 1 is 0.839 bits per heavy atom. The molecular weight excluding hydrogens is 386 g/mol. The van der Waals surface area contributed by atoms with Crippen LogP contribution in [0.25, 0.3) is 22.6 Å². The topological polar surface area (TPSA) is 68.0 Å². The minimum atomic E-state index is -0.415. The quantitative estimate of drug-likeness (QED) is 0.410. The van der Waals surface area contributed by atoms with Gasteiger partial charge < -0.3 is 9.73 Å². The van der Waals surface area contributed by atoms with E-state index in [4.69, 9.17) is 4.42 Å². The van der Waals surface area contributed by atoms with Crippen molar-refractivity contribution in [2.45, 2.75) is 5.92 Å². The van der Waals surface area contributed by atoms with Crippen LogP contribution >= 0.6 is 0 Å². The molecule has 0 unspecified atom stereocenters. The first-order valence-corrected chi connectivity index (χ1v) is 10.00. The van der Waals surface area contributed by atoms with Crippen LogP contribution in [0.4, 0.5) is 5.69 Å². The van der Waals surface area contributed by atoms with E-state index in [1.165, 1.54) is 0 Å². The fraction of sp³-hybridized carbons (Fsp3) is 0.0385. The van der Waals surface area contributed by atoms with E-state index in [1.807, 2.05) is 91.0 Å². The zero-order chi connectivity index (χ0) is 21.0. The number of nitrogens with zero attached hydrogens (tertiary/aromatic N) is 2. The molecule has 0 aliphatic carbocycles. The first-order chi connectivity index (χ1) is 15.3. The van der Waals surface area contributed by atoms with Crippen molar-refractivity contribution in [3.63, 3.8) is 0 Å². The summed E-state index contributed by atoms with van der Waals surface area (Å²) < 4.78 is 5.84. The minimum Gasteiger partial charge on any atom is -0.436 e. The molecule has 0 saturated heterocycles. The molecule has 0 aliphatic heterocycles. The molecule has 0 aliphatic rings. The largest absolute Gasteiger partial charge is 0.436 e. The van der Waals surface area contributed by atoms with E-state index >= 15 is 0 Å². The second-order valence-electron chi connectivity index (χ2n) is 7.19. The number of benzene rings is 3. The van der Waals surface area contributed by atoms with Gasteiger partial charge in [0, 0.05) is 18.1 Å². The Balaban J connectivity index is 1.45. The SMILES string of the molecule is O=C(Nc1ccc2oc(-c3cccnc3)nc2c1)C(c1ccccc1)c1ccccc1. The molecule has 0 fully saturated rings. The van der Waals surface area contributed by atoms with Gasteiger partial charge in [0.15, 0.2) is 5.58 Å². The maximum Gasteiger partial charge on any atom is 0.236 e. The summed E-state index contributed by atoms with van der Waals surface area (Å²) in [4.78, 5) is 22.0. The second-order valence-corrected chi connectivity index (χ2v) is 7.19. The molecule has 0 radical (unpaired) electrons. The molecule has 5 aromatic rings. The number of amides is 1. The van der Waals surface area contributed by atoms with Gasteiger partial charge in [-0.3, -0.25) is 9.78 Å². The van der Waals surface area contributed by atoms with Gasteiger partial charge >= 0.3 is 0 Å². The molecule has 1 amide bonds. The molecule has 3 aromatic carbocycles. The Kier molecular flexibility index (Phi) is 4.99. The van der Waals surface area contributed by atoms with Crippen LogP contribution in [0.2, 0.25) is 0 Å². The highest BCUT2D eigenvalue weighted by molar-refractivity contribution is 5.99. The smallest absolute Gasteiger partial charge is 0.236 e.